The fourth-order valence-corrected chi connectivity index (χ4v) is 1.98. The van der Waals surface area contributed by atoms with Gasteiger partial charge in [0.15, 0.2) is 5.96 Å². The molecule has 1 aromatic carbocycles. The lowest BCUT2D eigenvalue weighted by Crippen LogP contribution is -2.40. The molecule has 0 amide bonds. The second-order valence-electron chi connectivity index (χ2n) is 5.57. The Morgan fingerprint density at radius 3 is 2.68 bits per heavy atom. The van der Waals surface area contributed by atoms with E-state index in [2.05, 4.69) is 15.6 Å². The SMILES string of the molecule is CCNC(=NCC(C)(C)OC)NCCc1ccc(F)cc1Cl. The van der Waals surface area contributed by atoms with Crippen LogP contribution in [0.1, 0.15) is 26.3 Å². The minimum atomic E-state index is -0.321. The topological polar surface area (TPSA) is 45.7 Å². The molecule has 0 radical (unpaired) electrons. The van der Waals surface area contributed by atoms with Crippen LogP contribution in [-0.2, 0) is 11.2 Å². The third-order valence-electron chi connectivity index (χ3n) is 3.22. The van der Waals surface area contributed by atoms with E-state index in [0.717, 1.165) is 18.1 Å². The van der Waals surface area contributed by atoms with Crippen LogP contribution in [0.3, 0.4) is 0 Å². The zero-order valence-corrected chi connectivity index (χ0v) is 14.4. The summed E-state index contributed by atoms with van der Waals surface area (Å²) in [6.45, 7) is 7.96. The Balaban J connectivity index is 2.55. The van der Waals surface area contributed by atoms with Crippen LogP contribution in [0.5, 0.6) is 0 Å². The molecule has 6 heteroatoms. The van der Waals surface area contributed by atoms with E-state index in [-0.39, 0.29) is 11.4 Å². The fourth-order valence-electron chi connectivity index (χ4n) is 1.72. The van der Waals surface area contributed by atoms with Crippen molar-refractivity contribution in [2.75, 3.05) is 26.7 Å². The Morgan fingerprint density at radius 1 is 1.36 bits per heavy atom. The lowest BCUT2D eigenvalue weighted by molar-refractivity contribution is 0.0310. The summed E-state index contributed by atoms with van der Waals surface area (Å²) in [5.41, 5.74) is 0.603. The van der Waals surface area contributed by atoms with Crippen LogP contribution in [0.2, 0.25) is 5.02 Å². The van der Waals surface area contributed by atoms with Gasteiger partial charge >= 0.3 is 0 Å². The molecule has 0 spiro atoms. The molecule has 4 nitrogen and oxygen atoms in total. The second kappa shape index (κ2) is 8.96. The normalized spacial score (nSPS) is 12.4. The van der Waals surface area contributed by atoms with Crippen LogP contribution >= 0.6 is 11.6 Å². The van der Waals surface area contributed by atoms with Crippen LogP contribution in [0.4, 0.5) is 4.39 Å². The first-order valence-electron chi connectivity index (χ1n) is 7.39. The lowest BCUT2D eigenvalue weighted by Gasteiger charge is -2.21. The number of ether oxygens (including phenoxy) is 1. The average Bonchev–Trinajstić information content (AvgIpc) is 2.47. The Hall–Kier alpha value is -1.33. The van der Waals surface area contributed by atoms with Crippen molar-refractivity contribution < 1.29 is 9.13 Å². The molecule has 1 aromatic rings. The predicted molar refractivity (Wildman–Crippen MR) is 90.2 cm³/mol. The molecule has 0 atom stereocenters. The Kier molecular flexibility index (Phi) is 7.62. The smallest absolute Gasteiger partial charge is 0.191 e. The molecule has 1 rings (SSSR count). The number of nitrogens with one attached hydrogen (secondary N) is 2. The highest BCUT2D eigenvalue weighted by atomic mass is 35.5. The molecular weight excluding hydrogens is 305 g/mol. The predicted octanol–water partition coefficient (Wildman–Crippen LogP) is 3.00. The van der Waals surface area contributed by atoms with Crippen molar-refractivity contribution >= 4 is 17.6 Å². The van der Waals surface area contributed by atoms with Crippen molar-refractivity contribution in [1.82, 2.24) is 10.6 Å². The van der Waals surface area contributed by atoms with Crippen LogP contribution in [0.15, 0.2) is 23.2 Å². The molecule has 2 N–H and O–H groups in total. The number of rotatable bonds is 7. The van der Waals surface area contributed by atoms with Crippen molar-refractivity contribution in [2.45, 2.75) is 32.8 Å². The zero-order chi connectivity index (χ0) is 16.6. The number of methoxy groups -OCH3 is 1. The lowest BCUT2D eigenvalue weighted by atomic mass is 10.1. The van der Waals surface area contributed by atoms with E-state index in [1.165, 1.54) is 12.1 Å². The van der Waals surface area contributed by atoms with E-state index in [9.17, 15) is 4.39 Å². The van der Waals surface area contributed by atoms with E-state index < -0.39 is 0 Å². The molecule has 0 aliphatic rings. The Bertz CT molecular complexity index is 506. The van der Waals surface area contributed by atoms with Crippen molar-refractivity contribution in [3.8, 4) is 0 Å². The maximum Gasteiger partial charge on any atom is 0.191 e. The van der Waals surface area contributed by atoms with Gasteiger partial charge in [-0.2, -0.15) is 0 Å². The van der Waals surface area contributed by atoms with Crippen molar-refractivity contribution in [3.05, 3.63) is 34.6 Å². The Labute approximate surface area is 137 Å². The molecule has 0 bridgehead atoms. The van der Waals surface area contributed by atoms with Crippen molar-refractivity contribution in [3.63, 3.8) is 0 Å². The van der Waals surface area contributed by atoms with E-state index >= 15 is 0 Å². The summed E-state index contributed by atoms with van der Waals surface area (Å²) in [6.07, 6.45) is 0.692. The largest absolute Gasteiger partial charge is 0.377 e. The summed E-state index contributed by atoms with van der Waals surface area (Å²) < 4.78 is 18.4. The van der Waals surface area contributed by atoms with E-state index in [4.69, 9.17) is 16.3 Å². The van der Waals surface area contributed by atoms with Crippen LogP contribution in [-0.4, -0.2) is 38.3 Å². The first kappa shape index (κ1) is 18.7. The molecule has 0 aliphatic carbocycles. The number of guanidine groups is 1. The van der Waals surface area contributed by atoms with E-state index in [1.807, 2.05) is 20.8 Å². The summed E-state index contributed by atoms with van der Waals surface area (Å²) in [4.78, 5) is 4.50. The van der Waals surface area contributed by atoms with Crippen LogP contribution < -0.4 is 10.6 Å². The molecule has 0 saturated carbocycles. The maximum absolute atomic E-state index is 13.0. The van der Waals surface area contributed by atoms with Gasteiger partial charge in [0.05, 0.1) is 12.1 Å². The quantitative estimate of drug-likeness (QED) is 0.597. The number of nitrogens with zero attached hydrogens (tertiary/aromatic N) is 1. The molecule has 22 heavy (non-hydrogen) atoms. The number of hydrogen-bond acceptors (Lipinski definition) is 2. The summed E-state index contributed by atoms with van der Waals surface area (Å²) >= 11 is 6.02. The number of hydrogen-bond donors (Lipinski definition) is 2. The number of halogens is 2. The van der Waals surface area contributed by atoms with Gasteiger partial charge in [0, 0.05) is 25.2 Å². The molecule has 124 valence electrons. The van der Waals surface area contributed by atoms with Gasteiger partial charge in [0.25, 0.3) is 0 Å². The Morgan fingerprint density at radius 2 is 2.09 bits per heavy atom. The highest BCUT2D eigenvalue weighted by Crippen LogP contribution is 2.17. The molecule has 0 aliphatic heterocycles. The summed E-state index contributed by atoms with van der Waals surface area (Å²) in [5.74, 6) is 0.407. The summed E-state index contributed by atoms with van der Waals surface area (Å²) in [7, 11) is 1.67. The van der Waals surface area contributed by atoms with Crippen molar-refractivity contribution in [2.24, 2.45) is 4.99 Å². The van der Waals surface area contributed by atoms with Crippen molar-refractivity contribution in [1.29, 1.82) is 0 Å². The van der Waals surface area contributed by atoms with Gasteiger partial charge in [-0.3, -0.25) is 4.99 Å². The molecule has 0 saturated heterocycles. The first-order valence-corrected chi connectivity index (χ1v) is 7.77. The summed E-state index contributed by atoms with van der Waals surface area (Å²) in [5, 5.41) is 6.87. The molecule has 0 aromatic heterocycles. The highest BCUT2D eigenvalue weighted by molar-refractivity contribution is 6.31. The third-order valence-corrected chi connectivity index (χ3v) is 3.57. The van der Waals surface area contributed by atoms with E-state index in [1.54, 1.807) is 13.2 Å². The van der Waals surface area contributed by atoms with E-state index in [0.29, 0.717) is 24.5 Å². The monoisotopic (exact) mass is 329 g/mol. The molecule has 0 unspecified atom stereocenters. The third kappa shape index (κ3) is 6.62. The van der Waals surface area contributed by atoms with Gasteiger partial charge < -0.3 is 15.4 Å². The maximum atomic E-state index is 13.0. The minimum Gasteiger partial charge on any atom is -0.377 e. The van der Waals surface area contributed by atoms with Gasteiger partial charge in [-0.1, -0.05) is 17.7 Å². The van der Waals surface area contributed by atoms with Gasteiger partial charge in [0.2, 0.25) is 0 Å². The van der Waals surface area contributed by atoms with Gasteiger partial charge in [0.1, 0.15) is 5.82 Å². The van der Waals surface area contributed by atoms with Crippen LogP contribution in [0, 0.1) is 5.82 Å². The van der Waals surface area contributed by atoms with Gasteiger partial charge in [-0.15, -0.1) is 0 Å². The molecule has 0 fully saturated rings. The van der Waals surface area contributed by atoms with Gasteiger partial charge in [-0.05, 0) is 44.9 Å². The standard InChI is InChI=1S/C16H25ClFN3O/c1-5-19-15(21-11-16(2,3)22-4)20-9-8-12-6-7-13(18)10-14(12)17/h6-7,10H,5,8-9,11H2,1-4H3,(H2,19,20,21). The molecular formula is C16H25ClFN3O. The minimum absolute atomic E-state index is 0.303. The fraction of sp³-hybridized carbons (Fsp3) is 0.562. The van der Waals surface area contributed by atoms with Crippen LogP contribution in [0.25, 0.3) is 0 Å². The number of aliphatic imine (C=N–C) groups is 1. The first-order chi connectivity index (χ1) is 10.4. The summed E-state index contributed by atoms with van der Waals surface area (Å²) in [6, 6.07) is 4.45. The molecule has 0 heterocycles. The zero-order valence-electron chi connectivity index (χ0n) is 13.7. The second-order valence-corrected chi connectivity index (χ2v) is 5.98. The average molecular weight is 330 g/mol. The van der Waals surface area contributed by atoms with Gasteiger partial charge in [-0.25, -0.2) is 4.39 Å². The highest BCUT2D eigenvalue weighted by Gasteiger charge is 2.15. The number of benzene rings is 1.